The largest absolute Gasteiger partial charge is 0.496 e. The highest BCUT2D eigenvalue weighted by Crippen LogP contribution is 2.38. The molecule has 0 bridgehead atoms. The predicted octanol–water partition coefficient (Wildman–Crippen LogP) is 0.967. The smallest absolute Gasteiger partial charge is 0.290 e. The molecule has 0 spiro atoms. The minimum absolute atomic E-state index is 0.234. The molecule has 0 aromatic heterocycles. The van der Waals surface area contributed by atoms with Crippen LogP contribution in [0.5, 0.6) is 5.75 Å². The molecule has 1 amide bonds. The van der Waals surface area contributed by atoms with E-state index in [0.717, 1.165) is 10.6 Å². The summed E-state index contributed by atoms with van der Waals surface area (Å²) in [4.78, 5) is 24.7. The van der Waals surface area contributed by atoms with Crippen LogP contribution in [-0.2, 0) is 4.79 Å². The fourth-order valence-corrected chi connectivity index (χ4v) is 2.60. The Morgan fingerprint density at radius 3 is 2.60 bits per heavy atom. The Labute approximate surface area is 117 Å². The number of rotatable bonds is 2. The Balaban J connectivity index is 2.50. The number of nitrogens with two attached hydrogens (primary N) is 1. The second-order valence-electron chi connectivity index (χ2n) is 4.92. The summed E-state index contributed by atoms with van der Waals surface area (Å²) in [5.41, 5.74) is 7.07. The van der Waals surface area contributed by atoms with E-state index >= 15 is 0 Å². The van der Waals surface area contributed by atoms with E-state index in [1.807, 2.05) is 0 Å². The summed E-state index contributed by atoms with van der Waals surface area (Å²) in [6, 6.07) is 4.81. The summed E-state index contributed by atoms with van der Waals surface area (Å²) in [7, 11) is 4.64. The molecule has 2 N–H and O–H groups in total. The molecule has 20 heavy (non-hydrogen) atoms. The van der Waals surface area contributed by atoms with Crippen LogP contribution in [0.3, 0.4) is 0 Å². The van der Waals surface area contributed by atoms with Gasteiger partial charge < -0.3 is 10.5 Å². The Morgan fingerprint density at radius 1 is 1.35 bits per heavy atom. The molecule has 0 aliphatic carbocycles. The molecule has 108 valence electrons. The summed E-state index contributed by atoms with van der Waals surface area (Å²) in [6.45, 7) is 1.79. The van der Waals surface area contributed by atoms with Crippen molar-refractivity contribution >= 4 is 11.6 Å². The lowest BCUT2D eigenvalue weighted by atomic mass is 9.91. The highest BCUT2D eigenvalue weighted by Gasteiger charge is 2.48. The molecular weight excluding hydrogens is 260 g/mol. The van der Waals surface area contributed by atoms with E-state index in [9.17, 15) is 9.70 Å². The first kappa shape index (κ1) is 14.1. The molecule has 2 atom stereocenters. The molecule has 1 aromatic carbocycles. The van der Waals surface area contributed by atoms with Gasteiger partial charge in [-0.3, -0.25) is 4.79 Å². The van der Waals surface area contributed by atoms with Crippen LogP contribution in [0.2, 0.25) is 0 Å². The Morgan fingerprint density at radius 2 is 2.00 bits per heavy atom. The number of nitroso groups, excluding NO2 is 1. The first-order valence-electron chi connectivity index (χ1n) is 6.29. The molecule has 1 fully saturated rings. The third kappa shape index (κ3) is 2.04. The van der Waals surface area contributed by atoms with E-state index in [1.54, 1.807) is 32.2 Å². The molecule has 1 saturated heterocycles. The predicted molar refractivity (Wildman–Crippen MR) is 73.5 cm³/mol. The van der Waals surface area contributed by atoms with E-state index < -0.39 is 6.04 Å². The highest BCUT2D eigenvalue weighted by molar-refractivity contribution is 5.78. The maximum atomic E-state index is 12.1. The van der Waals surface area contributed by atoms with Crippen molar-refractivity contribution in [2.45, 2.75) is 13.0 Å². The van der Waals surface area contributed by atoms with Crippen LogP contribution in [0.4, 0.5) is 5.69 Å². The fourth-order valence-electron chi connectivity index (χ4n) is 2.60. The summed E-state index contributed by atoms with van der Waals surface area (Å²) >= 11 is 0. The number of benzene rings is 1. The zero-order valence-electron chi connectivity index (χ0n) is 12.0. The van der Waals surface area contributed by atoms with Crippen molar-refractivity contribution in [2.24, 2.45) is 5.92 Å². The zero-order valence-corrected chi connectivity index (χ0v) is 12.0. The molecule has 1 aliphatic rings. The molecule has 7 nitrogen and oxygen atoms in total. The van der Waals surface area contributed by atoms with Gasteiger partial charge in [0.2, 0.25) is 0 Å². The topological polar surface area (TPSA) is 78.9 Å². The third-order valence-electron chi connectivity index (χ3n) is 3.69. The number of methoxy groups -OCH3 is 1. The van der Waals surface area contributed by atoms with Crippen molar-refractivity contribution in [3.8, 4) is 5.75 Å². The van der Waals surface area contributed by atoms with Gasteiger partial charge in [-0.1, -0.05) is 13.0 Å². The number of nitrogen functional groups attached to an aromatic ring is 1. The van der Waals surface area contributed by atoms with Crippen molar-refractivity contribution in [3.63, 3.8) is 0 Å². The van der Waals surface area contributed by atoms with Gasteiger partial charge in [-0.25, -0.2) is 0 Å². The second-order valence-corrected chi connectivity index (χ2v) is 4.92. The van der Waals surface area contributed by atoms with Gasteiger partial charge in [0.05, 0.1) is 32.0 Å². The first-order valence-corrected chi connectivity index (χ1v) is 6.29. The van der Waals surface area contributed by atoms with Crippen molar-refractivity contribution in [1.29, 1.82) is 0 Å². The Kier molecular flexibility index (Phi) is 3.52. The van der Waals surface area contributed by atoms with Gasteiger partial charge >= 0.3 is 0 Å². The monoisotopic (exact) mass is 279 g/mol. The van der Waals surface area contributed by atoms with Gasteiger partial charge in [-0.2, -0.15) is 0 Å². The van der Waals surface area contributed by atoms with E-state index in [4.69, 9.17) is 10.5 Å². The number of anilines is 1. The summed E-state index contributed by atoms with van der Waals surface area (Å²) in [6.07, 6.45) is 0. The fraction of sp³-hybridized carbons (Fsp3) is 0.462. The number of hydrogen-bond donors (Lipinski definition) is 1. The van der Waals surface area contributed by atoms with Crippen LogP contribution < -0.4 is 10.5 Å². The number of ether oxygens (including phenoxy) is 1. The molecular formula is C13H19N4O3+. The van der Waals surface area contributed by atoms with Gasteiger partial charge in [-0.15, -0.1) is 5.01 Å². The average molecular weight is 279 g/mol. The average Bonchev–Trinajstić information content (AvgIpc) is 2.44. The normalized spacial score (nSPS) is 23.2. The first-order chi connectivity index (χ1) is 9.38. The van der Waals surface area contributed by atoms with E-state index in [2.05, 4.69) is 0 Å². The maximum absolute atomic E-state index is 12.1. The molecule has 1 aliphatic heterocycles. The molecule has 0 radical (unpaired) electrons. The molecule has 1 heterocycles. The quantitative estimate of drug-likeness (QED) is 0.644. The minimum Gasteiger partial charge on any atom is -0.496 e. The van der Waals surface area contributed by atoms with Gasteiger partial charge in [-0.05, 0) is 11.1 Å². The zero-order chi connectivity index (χ0) is 15.0. The van der Waals surface area contributed by atoms with Crippen molar-refractivity contribution < 1.29 is 14.5 Å². The summed E-state index contributed by atoms with van der Waals surface area (Å²) in [5.74, 6) is -0.0332. The van der Waals surface area contributed by atoms with Gasteiger partial charge in [0.15, 0.2) is 0 Å². The van der Waals surface area contributed by atoms with Crippen LogP contribution in [0.25, 0.3) is 0 Å². The van der Waals surface area contributed by atoms with Gasteiger partial charge in [0.1, 0.15) is 11.8 Å². The van der Waals surface area contributed by atoms with Crippen LogP contribution in [0, 0.1) is 10.8 Å². The molecule has 1 aromatic rings. The van der Waals surface area contributed by atoms with Crippen LogP contribution in [0.15, 0.2) is 18.2 Å². The van der Waals surface area contributed by atoms with Crippen molar-refractivity contribution in [1.82, 2.24) is 10.0 Å². The molecule has 2 unspecified atom stereocenters. The minimum atomic E-state index is -0.397. The lowest BCUT2D eigenvalue weighted by Crippen LogP contribution is -2.55. The van der Waals surface area contributed by atoms with Crippen molar-refractivity contribution in [2.75, 3.05) is 26.9 Å². The van der Waals surface area contributed by atoms with Gasteiger partial charge in [0.25, 0.3) is 10.9 Å². The van der Waals surface area contributed by atoms with E-state index in [-0.39, 0.29) is 11.8 Å². The Hall–Kier alpha value is -2.31. The number of amides is 1. The SMILES string of the molecule is COc1cc(N)ccc1C1C(C)C(=O)N(C)[N+](=O)N1C. The second kappa shape index (κ2) is 4.99. The standard InChI is InChI=1S/C13H19N4O3/c1-8-12(15(2)17(19)16(3)13(8)18)10-6-5-9(14)7-11(10)20-4/h5-8,12H,14H2,1-4H3/q+1. The van der Waals surface area contributed by atoms with E-state index in [0.29, 0.717) is 16.4 Å². The lowest BCUT2D eigenvalue weighted by Gasteiger charge is -2.33. The van der Waals surface area contributed by atoms with Gasteiger partial charge in [0, 0.05) is 17.3 Å². The van der Waals surface area contributed by atoms with Crippen LogP contribution >= 0.6 is 0 Å². The number of hydrogen-bond acceptors (Lipinski definition) is 4. The molecule has 7 heteroatoms. The third-order valence-corrected chi connectivity index (χ3v) is 3.69. The van der Waals surface area contributed by atoms with Crippen LogP contribution in [-0.4, -0.2) is 42.1 Å². The molecule has 2 rings (SSSR count). The van der Waals surface area contributed by atoms with Crippen LogP contribution in [0.1, 0.15) is 18.5 Å². The summed E-state index contributed by atoms with van der Waals surface area (Å²) < 4.78 is 5.32. The summed E-state index contributed by atoms with van der Waals surface area (Å²) in [5, 5.41) is 2.53. The lowest BCUT2D eigenvalue weighted by molar-refractivity contribution is -0.823. The number of carbonyl (C=O) groups is 1. The number of carbonyl (C=O) groups excluding carboxylic acids is 1. The van der Waals surface area contributed by atoms with Crippen molar-refractivity contribution in [3.05, 3.63) is 28.7 Å². The number of nitrogens with zero attached hydrogens (tertiary/aromatic N) is 3. The highest BCUT2D eigenvalue weighted by atomic mass is 16.5. The van der Waals surface area contributed by atoms with E-state index in [1.165, 1.54) is 19.2 Å². The number of hydrazine groups is 2. The molecule has 0 saturated carbocycles. The maximum Gasteiger partial charge on any atom is 0.290 e. The Bertz CT molecular complexity index is 539.